The Hall–Kier alpha value is -2.27. The summed E-state index contributed by atoms with van der Waals surface area (Å²) >= 11 is 1.62. The van der Waals surface area contributed by atoms with Crippen molar-refractivity contribution in [3.8, 4) is 5.75 Å². The molecule has 4 rings (SSSR count). The standard InChI is InChI=1S/C19H20N3OS/c1-13-5-2-3-6-15(13)20-14-9-11-22(12-10-14)19-21-18-16(23)7-4-8-17(18)24-19/h2-8,14,20H,9-12H2,1H3. The number of nitrogens with one attached hydrogen (secondary N) is 1. The third-order valence-electron chi connectivity index (χ3n) is 4.64. The molecule has 24 heavy (non-hydrogen) atoms. The van der Waals surface area contributed by atoms with Crippen molar-refractivity contribution in [1.82, 2.24) is 4.98 Å². The number of rotatable bonds is 3. The van der Waals surface area contributed by atoms with Gasteiger partial charge in [-0.2, -0.15) is 0 Å². The number of para-hydroxylation sites is 2. The van der Waals surface area contributed by atoms with Gasteiger partial charge < -0.3 is 10.2 Å². The second-order valence-corrected chi connectivity index (χ2v) is 7.33. The topological polar surface area (TPSA) is 48.1 Å². The van der Waals surface area contributed by atoms with Crippen molar-refractivity contribution >= 4 is 32.4 Å². The van der Waals surface area contributed by atoms with Gasteiger partial charge in [-0.3, -0.25) is 5.11 Å². The summed E-state index contributed by atoms with van der Waals surface area (Å²) in [7, 11) is 0. The molecule has 1 fully saturated rings. The second kappa shape index (κ2) is 6.32. The number of hydrogen-bond acceptors (Lipinski definition) is 4. The van der Waals surface area contributed by atoms with Gasteiger partial charge >= 0.3 is 0 Å². The zero-order valence-corrected chi connectivity index (χ0v) is 14.5. The van der Waals surface area contributed by atoms with E-state index < -0.39 is 0 Å². The highest BCUT2D eigenvalue weighted by Gasteiger charge is 2.22. The zero-order chi connectivity index (χ0) is 16.5. The van der Waals surface area contributed by atoms with E-state index in [-0.39, 0.29) is 5.75 Å². The summed E-state index contributed by atoms with van der Waals surface area (Å²) in [5.74, 6) is 0.0195. The summed E-state index contributed by atoms with van der Waals surface area (Å²) in [6.07, 6.45) is 2.16. The normalized spacial score (nSPS) is 15.8. The average Bonchev–Trinajstić information content (AvgIpc) is 3.03. The molecule has 0 saturated carbocycles. The van der Waals surface area contributed by atoms with Crippen molar-refractivity contribution in [2.24, 2.45) is 0 Å². The van der Waals surface area contributed by atoms with Crippen LogP contribution in [0.2, 0.25) is 0 Å². The molecule has 1 aliphatic rings. The molecule has 0 aliphatic carbocycles. The maximum absolute atomic E-state index is 11.9. The van der Waals surface area contributed by atoms with Crippen LogP contribution < -0.4 is 10.2 Å². The van der Waals surface area contributed by atoms with Crippen molar-refractivity contribution < 1.29 is 5.11 Å². The molecule has 123 valence electrons. The first-order valence-corrected chi connectivity index (χ1v) is 9.16. The molecule has 1 saturated heterocycles. The highest BCUT2D eigenvalue weighted by atomic mass is 32.1. The van der Waals surface area contributed by atoms with Gasteiger partial charge in [0.15, 0.2) is 5.13 Å². The Kier molecular flexibility index (Phi) is 4.02. The van der Waals surface area contributed by atoms with Gasteiger partial charge in [0.25, 0.3) is 0 Å². The fourth-order valence-electron chi connectivity index (χ4n) is 3.22. The van der Waals surface area contributed by atoms with E-state index in [1.54, 1.807) is 17.4 Å². The monoisotopic (exact) mass is 338 g/mol. The van der Waals surface area contributed by atoms with E-state index in [1.165, 1.54) is 11.3 Å². The number of hydrogen-bond donors (Lipinski definition) is 1. The summed E-state index contributed by atoms with van der Waals surface area (Å²) in [6.45, 7) is 4.08. The summed E-state index contributed by atoms with van der Waals surface area (Å²) in [4.78, 5) is 6.88. The van der Waals surface area contributed by atoms with Crippen molar-refractivity contribution in [3.05, 3.63) is 48.0 Å². The van der Waals surface area contributed by atoms with Gasteiger partial charge in [0.2, 0.25) is 5.75 Å². The number of anilines is 2. The van der Waals surface area contributed by atoms with E-state index in [4.69, 9.17) is 0 Å². The lowest BCUT2D eigenvalue weighted by molar-refractivity contribution is 0.359. The number of piperidine rings is 1. The largest absolute Gasteiger partial charge is 0.382 e. The van der Waals surface area contributed by atoms with Crippen molar-refractivity contribution in [1.29, 1.82) is 0 Å². The summed E-state index contributed by atoms with van der Waals surface area (Å²) in [5, 5.41) is 16.5. The molecular formula is C19H20N3OS. The van der Waals surface area contributed by atoms with Crippen LogP contribution in [0, 0.1) is 6.92 Å². The van der Waals surface area contributed by atoms with Gasteiger partial charge in [0.05, 0.1) is 4.70 Å². The maximum atomic E-state index is 11.9. The second-order valence-electron chi connectivity index (χ2n) is 6.32. The third kappa shape index (κ3) is 2.91. The minimum atomic E-state index is 0.0195. The average molecular weight is 338 g/mol. The predicted octanol–water partition coefficient (Wildman–Crippen LogP) is 4.83. The lowest BCUT2D eigenvalue weighted by atomic mass is 10.0. The highest BCUT2D eigenvalue weighted by Crippen LogP contribution is 2.35. The van der Waals surface area contributed by atoms with E-state index in [0.717, 1.165) is 35.8 Å². The van der Waals surface area contributed by atoms with E-state index in [9.17, 15) is 5.11 Å². The Morgan fingerprint density at radius 1 is 1.12 bits per heavy atom. The zero-order valence-electron chi connectivity index (χ0n) is 13.7. The number of aryl methyl sites for hydroxylation is 1. The Labute approximate surface area is 145 Å². The molecule has 1 N–H and O–H groups in total. The lowest BCUT2D eigenvalue weighted by Crippen LogP contribution is -2.39. The molecule has 0 amide bonds. The number of benzene rings is 2. The Morgan fingerprint density at radius 2 is 1.92 bits per heavy atom. The van der Waals surface area contributed by atoms with Crippen LogP contribution in [0.5, 0.6) is 5.75 Å². The van der Waals surface area contributed by atoms with Crippen LogP contribution in [0.4, 0.5) is 10.8 Å². The Bertz CT molecular complexity index is 853. The van der Waals surface area contributed by atoms with Gasteiger partial charge in [-0.25, -0.2) is 4.98 Å². The molecule has 3 aromatic rings. The van der Waals surface area contributed by atoms with Crippen LogP contribution in [0.3, 0.4) is 0 Å². The van der Waals surface area contributed by atoms with Crippen LogP contribution in [0.1, 0.15) is 18.4 Å². The lowest BCUT2D eigenvalue weighted by Gasteiger charge is -2.33. The van der Waals surface area contributed by atoms with Crippen LogP contribution in [0.25, 0.3) is 10.2 Å². The van der Waals surface area contributed by atoms with Gasteiger partial charge in [-0.1, -0.05) is 35.6 Å². The highest BCUT2D eigenvalue weighted by molar-refractivity contribution is 7.22. The quantitative estimate of drug-likeness (QED) is 0.744. The van der Waals surface area contributed by atoms with Crippen molar-refractivity contribution in [3.63, 3.8) is 0 Å². The summed E-state index contributed by atoms with van der Waals surface area (Å²) in [6, 6.07) is 14.3. The van der Waals surface area contributed by atoms with E-state index in [0.29, 0.717) is 11.6 Å². The molecule has 2 heterocycles. The molecular weight excluding hydrogens is 318 g/mol. The van der Waals surface area contributed by atoms with E-state index >= 15 is 0 Å². The molecule has 1 aromatic heterocycles. The fraction of sp³-hybridized carbons (Fsp3) is 0.316. The van der Waals surface area contributed by atoms with Crippen molar-refractivity contribution in [2.45, 2.75) is 25.8 Å². The smallest absolute Gasteiger partial charge is 0.205 e. The van der Waals surface area contributed by atoms with Crippen LogP contribution >= 0.6 is 11.3 Å². The molecule has 0 bridgehead atoms. The Morgan fingerprint density at radius 3 is 2.67 bits per heavy atom. The molecule has 1 radical (unpaired) electrons. The minimum absolute atomic E-state index is 0.0195. The van der Waals surface area contributed by atoms with Crippen LogP contribution in [-0.4, -0.2) is 24.1 Å². The molecule has 2 aromatic carbocycles. The Balaban J connectivity index is 1.44. The van der Waals surface area contributed by atoms with Gasteiger partial charge in [0.1, 0.15) is 5.52 Å². The molecule has 0 spiro atoms. The van der Waals surface area contributed by atoms with Crippen molar-refractivity contribution in [2.75, 3.05) is 23.3 Å². The summed E-state index contributed by atoms with van der Waals surface area (Å²) in [5.41, 5.74) is 3.12. The first kappa shape index (κ1) is 15.3. The molecule has 0 unspecified atom stereocenters. The third-order valence-corrected chi connectivity index (χ3v) is 5.72. The first-order valence-electron chi connectivity index (χ1n) is 8.34. The van der Waals surface area contributed by atoms with Crippen LogP contribution in [0.15, 0.2) is 42.5 Å². The van der Waals surface area contributed by atoms with Gasteiger partial charge in [-0.05, 0) is 43.5 Å². The van der Waals surface area contributed by atoms with Gasteiger partial charge in [-0.15, -0.1) is 0 Å². The number of aromatic nitrogens is 1. The number of nitrogens with zero attached hydrogens (tertiary/aromatic N) is 2. The molecule has 5 heteroatoms. The van der Waals surface area contributed by atoms with Crippen LogP contribution in [-0.2, 0) is 5.11 Å². The number of thiazole rings is 1. The SMILES string of the molecule is Cc1ccccc1NC1CCN(c2nc3c([O])cccc3s2)CC1. The molecule has 0 atom stereocenters. The van der Waals surface area contributed by atoms with E-state index in [1.807, 2.05) is 12.1 Å². The predicted molar refractivity (Wildman–Crippen MR) is 99.8 cm³/mol. The number of fused-ring (bicyclic) bond motifs is 1. The molecule has 4 nitrogen and oxygen atoms in total. The van der Waals surface area contributed by atoms with E-state index in [2.05, 4.69) is 46.4 Å². The summed E-state index contributed by atoms with van der Waals surface area (Å²) < 4.78 is 0.984. The molecule has 1 aliphatic heterocycles. The van der Waals surface area contributed by atoms with Gasteiger partial charge in [0, 0.05) is 24.8 Å². The minimum Gasteiger partial charge on any atom is -0.382 e. The fourth-order valence-corrected chi connectivity index (χ4v) is 4.25. The maximum Gasteiger partial charge on any atom is 0.205 e. The first-order chi connectivity index (χ1) is 11.7.